The molecule has 28 heavy (non-hydrogen) atoms. The Morgan fingerprint density at radius 1 is 1.25 bits per heavy atom. The minimum absolute atomic E-state index is 0.256. The van der Waals surface area contributed by atoms with E-state index in [4.69, 9.17) is 16.3 Å². The first-order valence-electron chi connectivity index (χ1n) is 10.2. The molecule has 1 aliphatic heterocycles. The fourth-order valence-electron chi connectivity index (χ4n) is 3.91. The minimum Gasteiger partial charge on any atom is -0.375 e. The van der Waals surface area contributed by atoms with Gasteiger partial charge in [-0.25, -0.2) is 0 Å². The Labute approximate surface area is 172 Å². The number of hydrogen-bond donors (Lipinski definition) is 2. The summed E-state index contributed by atoms with van der Waals surface area (Å²) in [6, 6.07) is 7.93. The van der Waals surface area contributed by atoms with E-state index >= 15 is 0 Å². The smallest absolute Gasteiger partial charge is 0.225 e. The third kappa shape index (κ3) is 6.11. The number of nitrogens with one attached hydrogen (secondary N) is 2. The molecule has 0 radical (unpaired) electrons. The second-order valence-corrected chi connectivity index (χ2v) is 8.01. The van der Waals surface area contributed by atoms with Crippen molar-refractivity contribution in [2.75, 3.05) is 33.3 Å². The zero-order valence-corrected chi connectivity index (χ0v) is 17.4. The number of hydrogen-bond acceptors (Lipinski definition) is 3. The highest BCUT2D eigenvalue weighted by molar-refractivity contribution is 6.30. The van der Waals surface area contributed by atoms with Gasteiger partial charge in [-0.3, -0.25) is 9.79 Å². The van der Waals surface area contributed by atoms with Crippen LogP contribution in [0.4, 0.5) is 0 Å². The van der Waals surface area contributed by atoms with Crippen LogP contribution in [0.2, 0.25) is 5.02 Å². The summed E-state index contributed by atoms with van der Waals surface area (Å²) in [5, 5.41) is 7.44. The molecule has 2 aliphatic rings. The summed E-state index contributed by atoms with van der Waals surface area (Å²) in [5.41, 5.74) is 1.10. The van der Waals surface area contributed by atoms with E-state index in [-0.39, 0.29) is 12.0 Å². The molecule has 6 nitrogen and oxygen atoms in total. The summed E-state index contributed by atoms with van der Waals surface area (Å²) < 4.78 is 5.69. The maximum atomic E-state index is 12.6. The van der Waals surface area contributed by atoms with Gasteiger partial charge >= 0.3 is 0 Å². The zero-order valence-electron chi connectivity index (χ0n) is 16.6. The van der Waals surface area contributed by atoms with Crippen LogP contribution in [-0.4, -0.2) is 56.1 Å². The van der Waals surface area contributed by atoms with Gasteiger partial charge in [-0.2, -0.15) is 0 Å². The van der Waals surface area contributed by atoms with E-state index in [0.717, 1.165) is 48.9 Å². The van der Waals surface area contributed by atoms with E-state index in [1.807, 2.05) is 29.2 Å². The van der Waals surface area contributed by atoms with Crippen molar-refractivity contribution in [2.45, 2.75) is 44.8 Å². The molecule has 1 aliphatic carbocycles. The van der Waals surface area contributed by atoms with Crippen LogP contribution in [0.1, 0.15) is 37.7 Å². The number of carbonyl (C=O) groups is 1. The fraction of sp³-hybridized carbons (Fsp3) is 0.619. The maximum absolute atomic E-state index is 12.6. The standard InChI is InChI=1S/C21H31ClN4O2/c1-23-21(24-11-13-28-15-16-6-8-18(22)9-7-16)25-19-10-12-26(14-19)20(27)17-4-2-3-5-17/h6-9,17,19H,2-5,10-15H2,1H3,(H2,23,24,25). The third-order valence-electron chi connectivity index (χ3n) is 5.49. The molecule has 1 amide bonds. The van der Waals surface area contributed by atoms with Crippen LogP contribution < -0.4 is 10.6 Å². The molecule has 2 N–H and O–H groups in total. The molecule has 7 heteroatoms. The predicted octanol–water partition coefficient (Wildman–Crippen LogP) is 2.81. The number of carbonyl (C=O) groups excluding carboxylic acids is 1. The first-order valence-corrected chi connectivity index (χ1v) is 10.6. The quantitative estimate of drug-likeness (QED) is 0.415. The van der Waals surface area contributed by atoms with Crippen molar-refractivity contribution < 1.29 is 9.53 Å². The Morgan fingerprint density at radius 2 is 2.00 bits per heavy atom. The Bertz CT molecular complexity index is 659. The SMILES string of the molecule is CN=C(NCCOCc1ccc(Cl)cc1)NC1CCN(C(=O)C2CCCC2)C1. The number of benzene rings is 1. The number of halogens is 1. The maximum Gasteiger partial charge on any atom is 0.225 e. The molecule has 154 valence electrons. The average molecular weight is 407 g/mol. The van der Waals surface area contributed by atoms with Crippen LogP contribution in [0, 0.1) is 5.92 Å². The van der Waals surface area contributed by atoms with E-state index in [1.165, 1.54) is 12.8 Å². The molecule has 1 aromatic carbocycles. The van der Waals surface area contributed by atoms with E-state index in [2.05, 4.69) is 15.6 Å². The first-order chi connectivity index (χ1) is 13.7. The van der Waals surface area contributed by atoms with E-state index < -0.39 is 0 Å². The van der Waals surface area contributed by atoms with E-state index in [0.29, 0.717) is 25.7 Å². The summed E-state index contributed by atoms with van der Waals surface area (Å²) in [6.07, 6.45) is 5.48. The summed E-state index contributed by atoms with van der Waals surface area (Å²) in [6.45, 7) is 3.42. The van der Waals surface area contributed by atoms with Gasteiger partial charge in [0.2, 0.25) is 5.91 Å². The Balaban J connectivity index is 1.32. The highest BCUT2D eigenvalue weighted by Gasteiger charge is 2.32. The molecule has 1 heterocycles. The van der Waals surface area contributed by atoms with Gasteiger partial charge in [-0.05, 0) is 37.0 Å². The van der Waals surface area contributed by atoms with Gasteiger partial charge in [-0.15, -0.1) is 0 Å². The number of amides is 1. The monoisotopic (exact) mass is 406 g/mol. The van der Waals surface area contributed by atoms with Crippen molar-refractivity contribution in [1.82, 2.24) is 15.5 Å². The second-order valence-electron chi connectivity index (χ2n) is 7.57. The normalized spacial score (nSPS) is 20.6. The van der Waals surface area contributed by atoms with Gasteiger partial charge < -0.3 is 20.3 Å². The molecular formula is C21H31ClN4O2. The number of ether oxygens (including phenoxy) is 1. The van der Waals surface area contributed by atoms with Gasteiger partial charge in [0.05, 0.1) is 13.2 Å². The van der Waals surface area contributed by atoms with Crippen LogP contribution in [0.15, 0.2) is 29.3 Å². The molecule has 3 rings (SSSR count). The van der Waals surface area contributed by atoms with Crippen LogP contribution in [0.5, 0.6) is 0 Å². The topological polar surface area (TPSA) is 66.0 Å². The van der Waals surface area contributed by atoms with Gasteiger partial charge in [0, 0.05) is 43.7 Å². The molecule has 1 saturated carbocycles. The molecule has 1 atom stereocenters. The zero-order chi connectivity index (χ0) is 19.8. The Morgan fingerprint density at radius 3 is 2.71 bits per heavy atom. The van der Waals surface area contributed by atoms with Crippen LogP contribution >= 0.6 is 11.6 Å². The number of aliphatic imine (C=N–C) groups is 1. The molecule has 1 unspecified atom stereocenters. The Hall–Kier alpha value is -1.79. The lowest BCUT2D eigenvalue weighted by molar-refractivity contribution is -0.134. The van der Waals surface area contributed by atoms with Crippen molar-refractivity contribution in [3.8, 4) is 0 Å². The minimum atomic E-state index is 0.256. The number of guanidine groups is 1. The van der Waals surface area contributed by atoms with E-state index in [9.17, 15) is 4.79 Å². The van der Waals surface area contributed by atoms with Crippen LogP contribution in [0.3, 0.4) is 0 Å². The number of nitrogens with zero attached hydrogens (tertiary/aromatic N) is 2. The molecular weight excluding hydrogens is 376 g/mol. The van der Waals surface area contributed by atoms with Crippen LogP contribution in [0.25, 0.3) is 0 Å². The van der Waals surface area contributed by atoms with Crippen molar-refractivity contribution in [3.05, 3.63) is 34.9 Å². The van der Waals surface area contributed by atoms with Crippen LogP contribution in [-0.2, 0) is 16.1 Å². The summed E-state index contributed by atoms with van der Waals surface area (Å²) in [5.74, 6) is 1.37. The first kappa shape index (κ1) is 20.9. The Kier molecular flexibility index (Phi) is 7.98. The third-order valence-corrected chi connectivity index (χ3v) is 5.74. The summed E-state index contributed by atoms with van der Waals surface area (Å²) in [4.78, 5) is 18.9. The van der Waals surface area contributed by atoms with Crippen molar-refractivity contribution in [1.29, 1.82) is 0 Å². The average Bonchev–Trinajstić information content (AvgIpc) is 3.40. The largest absolute Gasteiger partial charge is 0.375 e. The van der Waals surface area contributed by atoms with Crippen molar-refractivity contribution >= 4 is 23.5 Å². The van der Waals surface area contributed by atoms with Gasteiger partial charge in [-0.1, -0.05) is 36.6 Å². The molecule has 0 spiro atoms. The number of likely N-dealkylation sites (tertiary alicyclic amines) is 1. The highest BCUT2D eigenvalue weighted by Crippen LogP contribution is 2.27. The highest BCUT2D eigenvalue weighted by atomic mass is 35.5. The van der Waals surface area contributed by atoms with Gasteiger partial charge in [0.1, 0.15) is 0 Å². The van der Waals surface area contributed by atoms with Gasteiger partial charge in [0.25, 0.3) is 0 Å². The number of rotatable bonds is 7. The lowest BCUT2D eigenvalue weighted by Gasteiger charge is -2.21. The second kappa shape index (κ2) is 10.7. The molecule has 1 saturated heterocycles. The van der Waals surface area contributed by atoms with E-state index in [1.54, 1.807) is 7.05 Å². The lowest BCUT2D eigenvalue weighted by Crippen LogP contribution is -2.46. The molecule has 1 aromatic rings. The lowest BCUT2D eigenvalue weighted by atomic mass is 10.1. The molecule has 0 bridgehead atoms. The van der Waals surface area contributed by atoms with Gasteiger partial charge in [0.15, 0.2) is 5.96 Å². The predicted molar refractivity (Wildman–Crippen MR) is 113 cm³/mol. The van der Waals surface area contributed by atoms with Crippen molar-refractivity contribution in [3.63, 3.8) is 0 Å². The fourth-order valence-corrected chi connectivity index (χ4v) is 4.04. The molecule has 0 aromatic heterocycles. The summed E-state index contributed by atoms with van der Waals surface area (Å²) in [7, 11) is 1.76. The summed E-state index contributed by atoms with van der Waals surface area (Å²) >= 11 is 5.88. The van der Waals surface area contributed by atoms with Crippen molar-refractivity contribution in [2.24, 2.45) is 10.9 Å². The molecule has 2 fully saturated rings.